The van der Waals surface area contributed by atoms with Gasteiger partial charge in [0.1, 0.15) is 11.6 Å². The molecule has 132 valence electrons. The molecule has 6 heteroatoms. The van der Waals surface area contributed by atoms with Gasteiger partial charge in [0.05, 0.1) is 12.2 Å². The Morgan fingerprint density at radius 2 is 2.08 bits per heavy atom. The molecule has 1 fully saturated rings. The molecule has 2 heterocycles. The van der Waals surface area contributed by atoms with Crippen LogP contribution in [0.25, 0.3) is 0 Å². The predicted molar refractivity (Wildman–Crippen MR) is 93.8 cm³/mol. The smallest absolute Gasteiger partial charge is 0.252 e. The minimum atomic E-state index is -0.512. The number of nitrogens with zero attached hydrogens (tertiary/aromatic N) is 2. The molecule has 25 heavy (non-hydrogen) atoms. The summed E-state index contributed by atoms with van der Waals surface area (Å²) in [6, 6.07) is 9.73. The average molecular weight is 343 g/mol. The first-order valence-electron chi connectivity index (χ1n) is 8.38. The van der Waals surface area contributed by atoms with Crippen molar-refractivity contribution in [2.75, 3.05) is 24.6 Å². The topological polar surface area (TPSA) is 79.5 Å². The van der Waals surface area contributed by atoms with Crippen LogP contribution < -0.4 is 10.6 Å². The minimum Gasteiger partial charge on any atom is -0.396 e. The summed E-state index contributed by atoms with van der Waals surface area (Å²) in [5.41, 5.74) is 6.48. The summed E-state index contributed by atoms with van der Waals surface area (Å²) in [6.07, 6.45) is 4.00. The number of pyridine rings is 1. The first-order chi connectivity index (χ1) is 12.0. The normalized spacial score (nSPS) is 20.5. The molecule has 1 unspecified atom stereocenters. The third-order valence-electron chi connectivity index (χ3n) is 4.84. The number of rotatable bonds is 5. The van der Waals surface area contributed by atoms with Gasteiger partial charge in [-0.25, -0.2) is 9.37 Å². The molecule has 0 saturated carbocycles. The molecular formula is C19H22FN3O2. The minimum absolute atomic E-state index is 0.0135. The molecule has 1 saturated heterocycles. The van der Waals surface area contributed by atoms with E-state index in [2.05, 4.69) is 4.98 Å². The second-order valence-corrected chi connectivity index (χ2v) is 6.73. The van der Waals surface area contributed by atoms with E-state index in [0.717, 1.165) is 24.9 Å². The second-order valence-electron chi connectivity index (χ2n) is 6.73. The molecule has 0 bridgehead atoms. The van der Waals surface area contributed by atoms with E-state index in [-0.39, 0.29) is 17.8 Å². The van der Waals surface area contributed by atoms with Crippen LogP contribution in [0, 0.1) is 11.2 Å². The molecule has 2 aromatic rings. The number of aliphatic hydroxyl groups excluding tert-OH is 1. The van der Waals surface area contributed by atoms with Crippen molar-refractivity contribution in [1.82, 2.24) is 4.98 Å². The van der Waals surface area contributed by atoms with E-state index < -0.39 is 5.91 Å². The van der Waals surface area contributed by atoms with Crippen LogP contribution in [0.2, 0.25) is 0 Å². The molecule has 0 spiro atoms. The fraction of sp³-hybridized carbons (Fsp3) is 0.368. The molecule has 1 aliphatic rings. The van der Waals surface area contributed by atoms with Gasteiger partial charge in [0, 0.05) is 24.7 Å². The maximum Gasteiger partial charge on any atom is 0.252 e. The lowest BCUT2D eigenvalue weighted by atomic mass is 9.75. The molecule has 3 N–H and O–H groups in total. The zero-order chi connectivity index (χ0) is 17.9. The number of nitrogens with two attached hydrogens (primary N) is 1. The zero-order valence-corrected chi connectivity index (χ0v) is 14.0. The Labute approximate surface area is 146 Å². The van der Waals surface area contributed by atoms with Crippen LogP contribution in [0.5, 0.6) is 0 Å². The summed E-state index contributed by atoms with van der Waals surface area (Å²) < 4.78 is 13.1. The molecular weight excluding hydrogens is 321 g/mol. The quantitative estimate of drug-likeness (QED) is 0.872. The van der Waals surface area contributed by atoms with Gasteiger partial charge in [0.25, 0.3) is 5.91 Å². The van der Waals surface area contributed by atoms with E-state index >= 15 is 0 Å². The third kappa shape index (κ3) is 3.79. The lowest BCUT2D eigenvalue weighted by Gasteiger charge is -2.43. The number of aliphatic hydroxyl groups is 1. The van der Waals surface area contributed by atoms with E-state index in [4.69, 9.17) is 5.73 Å². The largest absolute Gasteiger partial charge is 0.396 e. The lowest BCUT2D eigenvalue weighted by Crippen LogP contribution is -2.47. The standard InChI is InChI=1S/C19H22FN3O2/c20-15-6-4-14(5-7-15)11-19(13-24)8-2-10-23(12-19)18-16(17(21)25)3-1-9-22-18/h1,3-7,9,24H,2,8,10-13H2,(H2,21,25). The number of piperidine rings is 1. The Balaban J connectivity index is 1.85. The summed E-state index contributed by atoms with van der Waals surface area (Å²) >= 11 is 0. The molecule has 0 radical (unpaired) electrons. The Kier molecular flexibility index (Phi) is 4.99. The van der Waals surface area contributed by atoms with Crippen molar-refractivity contribution in [3.05, 3.63) is 59.5 Å². The van der Waals surface area contributed by atoms with E-state index in [0.29, 0.717) is 24.3 Å². The van der Waals surface area contributed by atoms with E-state index in [1.54, 1.807) is 30.5 Å². The van der Waals surface area contributed by atoms with Gasteiger partial charge in [-0.1, -0.05) is 12.1 Å². The van der Waals surface area contributed by atoms with Crippen LogP contribution in [0.1, 0.15) is 28.8 Å². The SMILES string of the molecule is NC(=O)c1cccnc1N1CCCC(CO)(Cc2ccc(F)cc2)C1. The summed E-state index contributed by atoms with van der Waals surface area (Å²) in [7, 11) is 0. The van der Waals surface area contributed by atoms with Crippen LogP contribution in [0.15, 0.2) is 42.6 Å². The molecule has 3 rings (SSSR count). The maximum atomic E-state index is 13.1. The van der Waals surface area contributed by atoms with Gasteiger partial charge < -0.3 is 15.7 Å². The van der Waals surface area contributed by atoms with Crippen molar-refractivity contribution in [3.8, 4) is 0 Å². The average Bonchev–Trinajstić information content (AvgIpc) is 2.64. The van der Waals surface area contributed by atoms with Crippen molar-refractivity contribution in [3.63, 3.8) is 0 Å². The fourth-order valence-electron chi connectivity index (χ4n) is 3.59. The number of aromatic nitrogens is 1. The number of halogens is 1. The van der Waals surface area contributed by atoms with E-state index in [1.807, 2.05) is 4.90 Å². The maximum absolute atomic E-state index is 13.1. The van der Waals surface area contributed by atoms with Gasteiger partial charge in [0.15, 0.2) is 0 Å². The first kappa shape index (κ1) is 17.4. The highest BCUT2D eigenvalue weighted by Crippen LogP contribution is 2.35. The van der Waals surface area contributed by atoms with Gasteiger partial charge >= 0.3 is 0 Å². The monoisotopic (exact) mass is 343 g/mol. The molecule has 1 aliphatic heterocycles. The molecule has 1 aromatic carbocycles. The Morgan fingerprint density at radius 3 is 2.76 bits per heavy atom. The first-order valence-corrected chi connectivity index (χ1v) is 8.38. The van der Waals surface area contributed by atoms with Crippen LogP contribution in [-0.2, 0) is 6.42 Å². The number of benzene rings is 1. The van der Waals surface area contributed by atoms with Gasteiger partial charge in [0.2, 0.25) is 0 Å². The fourth-order valence-corrected chi connectivity index (χ4v) is 3.59. The number of carbonyl (C=O) groups is 1. The molecule has 0 aliphatic carbocycles. The molecule has 1 aromatic heterocycles. The highest BCUT2D eigenvalue weighted by Gasteiger charge is 2.36. The van der Waals surface area contributed by atoms with E-state index in [9.17, 15) is 14.3 Å². The van der Waals surface area contributed by atoms with Crippen molar-refractivity contribution in [2.45, 2.75) is 19.3 Å². The molecule has 1 amide bonds. The van der Waals surface area contributed by atoms with E-state index in [1.165, 1.54) is 12.1 Å². The van der Waals surface area contributed by atoms with Crippen molar-refractivity contribution in [1.29, 1.82) is 0 Å². The van der Waals surface area contributed by atoms with Crippen molar-refractivity contribution in [2.24, 2.45) is 11.1 Å². The van der Waals surface area contributed by atoms with Gasteiger partial charge in [-0.3, -0.25) is 4.79 Å². The predicted octanol–water partition coefficient (Wildman–Crippen LogP) is 2.14. The number of anilines is 1. The summed E-state index contributed by atoms with van der Waals surface area (Å²) in [6.45, 7) is 1.33. The summed E-state index contributed by atoms with van der Waals surface area (Å²) in [5.74, 6) is -0.222. The molecule has 1 atom stereocenters. The Bertz CT molecular complexity index is 751. The van der Waals surface area contributed by atoms with Crippen LogP contribution in [0.4, 0.5) is 10.2 Å². The van der Waals surface area contributed by atoms with Crippen molar-refractivity contribution >= 4 is 11.7 Å². The zero-order valence-electron chi connectivity index (χ0n) is 14.0. The van der Waals surface area contributed by atoms with Gasteiger partial charge in [-0.05, 0) is 49.1 Å². The highest BCUT2D eigenvalue weighted by atomic mass is 19.1. The Hall–Kier alpha value is -2.47. The lowest BCUT2D eigenvalue weighted by molar-refractivity contribution is 0.0994. The second kappa shape index (κ2) is 7.19. The number of amides is 1. The number of primary amides is 1. The van der Waals surface area contributed by atoms with Crippen molar-refractivity contribution < 1.29 is 14.3 Å². The van der Waals surface area contributed by atoms with Gasteiger partial charge in [-0.15, -0.1) is 0 Å². The number of hydrogen-bond donors (Lipinski definition) is 2. The number of hydrogen-bond acceptors (Lipinski definition) is 4. The summed E-state index contributed by atoms with van der Waals surface area (Å²) in [4.78, 5) is 18.0. The highest BCUT2D eigenvalue weighted by molar-refractivity contribution is 5.97. The van der Waals surface area contributed by atoms with Gasteiger partial charge in [-0.2, -0.15) is 0 Å². The number of carbonyl (C=O) groups excluding carboxylic acids is 1. The third-order valence-corrected chi connectivity index (χ3v) is 4.84. The van der Waals surface area contributed by atoms with Crippen LogP contribution in [0.3, 0.4) is 0 Å². The van der Waals surface area contributed by atoms with Crippen LogP contribution in [-0.4, -0.2) is 35.7 Å². The molecule has 5 nitrogen and oxygen atoms in total. The Morgan fingerprint density at radius 1 is 1.32 bits per heavy atom. The summed E-state index contributed by atoms with van der Waals surface area (Å²) in [5, 5.41) is 10.1. The van der Waals surface area contributed by atoms with Crippen LogP contribution >= 0.6 is 0 Å².